The molecule has 2 saturated heterocycles. The fraction of sp³-hybridized carbons (Fsp3) is 0.465. The molecule has 1 unspecified atom stereocenters. The third kappa shape index (κ3) is 7.26. The molecular weight excluding hydrogens is 695 g/mol. The van der Waals surface area contributed by atoms with Crippen molar-refractivity contribution in [1.29, 1.82) is 0 Å². The summed E-state index contributed by atoms with van der Waals surface area (Å²) < 4.78 is 11.2. The van der Waals surface area contributed by atoms with Crippen LogP contribution in [0, 0.1) is 11.8 Å². The summed E-state index contributed by atoms with van der Waals surface area (Å²) in [6, 6.07) is 18.2. The summed E-state index contributed by atoms with van der Waals surface area (Å²) in [4.78, 5) is 55.8. The van der Waals surface area contributed by atoms with Gasteiger partial charge in [-0.05, 0) is 102 Å². The topological polar surface area (TPSA) is 141 Å². The molecule has 3 N–H and O–H groups in total. The van der Waals surface area contributed by atoms with Gasteiger partial charge in [0.1, 0.15) is 29.2 Å². The first-order valence-electron chi connectivity index (χ1n) is 19.7. The molecule has 0 radical (unpaired) electrons. The minimum absolute atomic E-state index is 0.0380. The van der Waals surface area contributed by atoms with E-state index in [-0.39, 0.29) is 35.9 Å². The van der Waals surface area contributed by atoms with Crippen molar-refractivity contribution >= 4 is 34.8 Å². The van der Waals surface area contributed by atoms with Crippen molar-refractivity contribution in [3.63, 3.8) is 0 Å². The Balaban J connectivity index is 0.965. The lowest BCUT2D eigenvalue weighted by Gasteiger charge is -2.29. The Morgan fingerprint density at radius 3 is 2.38 bits per heavy atom. The Labute approximate surface area is 322 Å². The number of amides is 3. The summed E-state index contributed by atoms with van der Waals surface area (Å²) in [5, 5.41) is 6.39. The maximum atomic E-state index is 13.7. The zero-order valence-electron chi connectivity index (χ0n) is 32.4. The number of rotatable bonds is 9. The number of nitrogens with zero attached hydrogens (tertiary/aromatic N) is 4. The van der Waals surface area contributed by atoms with Crippen molar-refractivity contribution in [2.75, 3.05) is 26.7 Å². The first-order valence-corrected chi connectivity index (χ1v) is 19.7. The lowest BCUT2D eigenvalue weighted by atomic mass is 9.94. The van der Waals surface area contributed by atoms with E-state index in [0.717, 1.165) is 95.1 Å². The van der Waals surface area contributed by atoms with Crippen LogP contribution in [0.4, 0.5) is 4.79 Å². The average molecular weight is 746 g/mol. The van der Waals surface area contributed by atoms with Crippen molar-refractivity contribution in [3.05, 3.63) is 77.1 Å². The molecule has 0 spiro atoms. The number of aromatic amines is 1. The molecule has 0 saturated carbocycles. The molecule has 4 aliphatic heterocycles. The van der Waals surface area contributed by atoms with Gasteiger partial charge in [-0.2, -0.15) is 0 Å². The molecule has 0 bridgehead atoms. The molecule has 3 aromatic carbocycles. The van der Waals surface area contributed by atoms with Gasteiger partial charge in [0.15, 0.2) is 0 Å². The highest BCUT2D eigenvalue weighted by atomic mass is 16.5. The van der Waals surface area contributed by atoms with Gasteiger partial charge in [0, 0.05) is 25.9 Å². The van der Waals surface area contributed by atoms with E-state index in [9.17, 15) is 14.4 Å². The fourth-order valence-corrected chi connectivity index (χ4v) is 8.60. The van der Waals surface area contributed by atoms with E-state index >= 15 is 0 Å². The number of H-pyrrole nitrogens is 1. The smallest absolute Gasteiger partial charge is 0.407 e. The van der Waals surface area contributed by atoms with Crippen molar-refractivity contribution in [3.8, 4) is 22.6 Å². The quantitative estimate of drug-likeness (QED) is 0.147. The second-order valence-corrected chi connectivity index (χ2v) is 16.1. The number of methoxy groups -OCH3 is 1. The highest BCUT2D eigenvalue weighted by Crippen LogP contribution is 2.40. The summed E-state index contributed by atoms with van der Waals surface area (Å²) in [6.45, 7) is 10.1. The van der Waals surface area contributed by atoms with E-state index in [4.69, 9.17) is 19.5 Å². The third-order valence-electron chi connectivity index (χ3n) is 11.5. The van der Waals surface area contributed by atoms with E-state index in [1.54, 1.807) is 0 Å². The van der Waals surface area contributed by atoms with Crippen molar-refractivity contribution in [2.45, 2.75) is 90.4 Å². The molecular formula is C43H51N7O5. The lowest BCUT2D eigenvalue weighted by Crippen LogP contribution is -2.51. The number of alkyl carbamates (subject to hydrolysis) is 1. The summed E-state index contributed by atoms with van der Waals surface area (Å²) in [5.74, 6) is 3.75. The number of aromatic nitrogens is 2. The number of carbonyl (C=O) groups is 3. The van der Waals surface area contributed by atoms with E-state index in [2.05, 4.69) is 71.9 Å². The first kappa shape index (κ1) is 36.6. The molecule has 2 fully saturated rings. The number of carbonyl (C=O) groups excluding carboxylic acids is 3. The SMILES string of the molecule is COC(=O)N[C@H](C(=O)N1CCC[C@H]1c1nc2ccc(-c3ccc4c(c3)Cc3cc(C5CN=C([C@@H]6CCCN6C(=O)CC(C)C)N5)ccc3O4)cc2[nH]1)C(C)C. The zero-order valence-corrected chi connectivity index (χ0v) is 32.4. The molecule has 5 heterocycles. The number of benzene rings is 3. The fourth-order valence-electron chi connectivity index (χ4n) is 8.60. The number of imidazole rings is 1. The Hall–Kier alpha value is -5.39. The Morgan fingerprint density at radius 1 is 0.909 bits per heavy atom. The minimum Gasteiger partial charge on any atom is -0.457 e. The molecule has 12 heteroatoms. The largest absolute Gasteiger partial charge is 0.457 e. The molecule has 4 aliphatic rings. The van der Waals surface area contributed by atoms with Gasteiger partial charge in [-0.3, -0.25) is 14.6 Å². The second kappa shape index (κ2) is 15.0. The van der Waals surface area contributed by atoms with Crippen LogP contribution in [0.2, 0.25) is 0 Å². The van der Waals surface area contributed by atoms with Gasteiger partial charge >= 0.3 is 6.09 Å². The van der Waals surface area contributed by atoms with Gasteiger partial charge in [-0.25, -0.2) is 9.78 Å². The van der Waals surface area contributed by atoms with Crippen LogP contribution in [0.15, 0.2) is 59.6 Å². The van der Waals surface area contributed by atoms with E-state index in [1.807, 2.05) is 35.8 Å². The number of amidine groups is 1. The summed E-state index contributed by atoms with van der Waals surface area (Å²) in [7, 11) is 1.30. The number of nitrogens with one attached hydrogen (secondary N) is 3. The molecule has 1 aromatic heterocycles. The predicted octanol–water partition coefficient (Wildman–Crippen LogP) is 7.05. The highest BCUT2D eigenvalue weighted by molar-refractivity contribution is 5.93. The Morgan fingerprint density at radius 2 is 1.62 bits per heavy atom. The van der Waals surface area contributed by atoms with Crippen molar-refractivity contribution in [1.82, 2.24) is 30.4 Å². The standard InChI is InChI=1S/C43H51N7O5/c1-24(2)18-38(51)49-16-6-8-34(49)40-44-23-33(47-40)28-12-15-37-30(20-28)21-29-19-26(11-14-36(29)55-37)27-10-13-31-32(22-27)46-41(45-31)35-9-7-17-50(35)42(52)39(25(3)4)48-43(53)54-5/h10-15,19-20,22,24-25,33-35,39H,6-9,16-18,21,23H2,1-5H3,(H,44,47)(H,45,46)(H,48,53)/t33?,34-,35-,39-/m0/s1. The van der Waals surface area contributed by atoms with E-state index in [1.165, 1.54) is 12.7 Å². The van der Waals surface area contributed by atoms with Gasteiger partial charge in [0.2, 0.25) is 11.8 Å². The van der Waals surface area contributed by atoms with Crippen LogP contribution in [-0.4, -0.2) is 82.3 Å². The number of likely N-dealkylation sites (tertiary alicyclic amines) is 2. The molecule has 288 valence electrons. The molecule has 0 aliphatic carbocycles. The monoisotopic (exact) mass is 745 g/mol. The third-order valence-corrected chi connectivity index (χ3v) is 11.5. The van der Waals surface area contributed by atoms with Crippen molar-refractivity contribution < 1.29 is 23.9 Å². The number of aliphatic imine (C=N–C) groups is 1. The van der Waals surface area contributed by atoms with Gasteiger partial charge < -0.3 is 34.9 Å². The Bertz CT molecular complexity index is 2160. The highest BCUT2D eigenvalue weighted by Gasteiger charge is 2.38. The number of hydrogen-bond donors (Lipinski definition) is 3. The Kier molecular flexibility index (Phi) is 10.00. The number of ether oxygens (including phenoxy) is 2. The first-order chi connectivity index (χ1) is 26.6. The van der Waals surface area contributed by atoms with Crippen LogP contribution in [0.25, 0.3) is 22.2 Å². The lowest BCUT2D eigenvalue weighted by molar-refractivity contribution is -0.135. The zero-order chi connectivity index (χ0) is 38.4. The summed E-state index contributed by atoms with van der Waals surface area (Å²) >= 11 is 0. The average Bonchev–Trinajstić information content (AvgIpc) is 4.00. The second-order valence-electron chi connectivity index (χ2n) is 16.1. The predicted molar refractivity (Wildman–Crippen MR) is 211 cm³/mol. The van der Waals surface area contributed by atoms with Crippen LogP contribution < -0.4 is 15.4 Å². The summed E-state index contributed by atoms with van der Waals surface area (Å²) in [5.41, 5.74) is 7.30. The molecule has 8 rings (SSSR count). The van der Waals surface area contributed by atoms with Gasteiger partial charge in [-0.15, -0.1) is 0 Å². The maximum Gasteiger partial charge on any atom is 0.407 e. The van der Waals surface area contributed by atoms with Crippen LogP contribution in [-0.2, 0) is 20.7 Å². The molecule has 55 heavy (non-hydrogen) atoms. The van der Waals surface area contributed by atoms with Gasteiger partial charge in [0.05, 0.1) is 42.8 Å². The number of hydrogen-bond acceptors (Lipinski definition) is 8. The van der Waals surface area contributed by atoms with Gasteiger partial charge in [-0.1, -0.05) is 45.9 Å². The van der Waals surface area contributed by atoms with E-state index < -0.39 is 12.1 Å². The molecule has 12 nitrogen and oxygen atoms in total. The normalized spacial score (nSPS) is 20.9. The number of fused-ring (bicyclic) bond motifs is 3. The minimum atomic E-state index is -0.683. The van der Waals surface area contributed by atoms with Crippen molar-refractivity contribution in [2.24, 2.45) is 16.8 Å². The van der Waals surface area contributed by atoms with Crippen LogP contribution in [0.1, 0.15) is 94.4 Å². The molecule has 4 aromatic rings. The van der Waals surface area contributed by atoms with Crippen LogP contribution >= 0.6 is 0 Å². The molecule has 3 amide bonds. The van der Waals surface area contributed by atoms with Gasteiger partial charge in [0.25, 0.3) is 0 Å². The van der Waals surface area contributed by atoms with Crippen LogP contribution in [0.5, 0.6) is 11.5 Å². The summed E-state index contributed by atoms with van der Waals surface area (Å²) in [6.07, 6.45) is 4.31. The molecule has 4 atom stereocenters. The van der Waals surface area contributed by atoms with Crippen LogP contribution in [0.3, 0.4) is 0 Å². The maximum absolute atomic E-state index is 13.7. The van der Waals surface area contributed by atoms with E-state index in [0.29, 0.717) is 25.4 Å².